The molecule has 0 aliphatic rings. The highest BCUT2D eigenvalue weighted by Crippen LogP contribution is 2.33. The summed E-state index contributed by atoms with van der Waals surface area (Å²) in [4.78, 5) is 19.9. The SMILES string of the molecule is N#Cc1ccc(-c2nc3ccccc3nc2-c2ccc(-c3nc(-c4ccccc4)cc(-c4ccccc4)n3)cc2)cc1. The second-order valence-electron chi connectivity index (χ2n) is 9.87. The number of hydrogen-bond acceptors (Lipinski definition) is 5. The van der Waals surface area contributed by atoms with Gasteiger partial charge < -0.3 is 0 Å². The van der Waals surface area contributed by atoms with Crippen LogP contribution in [0, 0.1) is 11.3 Å². The normalized spacial score (nSPS) is 10.8. The van der Waals surface area contributed by atoms with Crippen molar-refractivity contribution in [1.29, 1.82) is 5.26 Å². The third kappa shape index (κ3) is 4.90. The average Bonchev–Trinajstić information content (AvgIpc) is 3.08. The molecule has 0 saturated carbocycles. The van der Waals surface area contributed by atoms with Crippen LogP contribution in [0.1, 0.15) is 5.56 Å². The summed E-state index contributed by atoms with van der Waals surface area (Å²) in [6.45, 7) is 0. The number of hydrogen-bond donors (Lipinski definition) is 0. The molecule has 0 fully saturated rings. The van der Waals surface area contributed by atoms with Crippen LogP contribution in [-0.4, -0.2) is 19.9 Å². The molecule has 196 valence electrons. The Morgan fingerprint density at radius 1 is 0.405 bits per heavy atom. The van der Waals surface area contributed by atoms with Crippen molar-refractivity contribution < 1.29 is 0 Å². The molecule has 2 heterocycles. The highest BCUT2D eigenvalue weighted by molar-refractivity contribution is 5.86. The van der Waals surface area contributed by atoms with Crippen LogP contribution < -0.4 is 0 Å². The molecule has 0 aliphatic heterocycles. The van der Waals surface area contributed by atoms with Crippen molar-refractivity contribution in [2.24, 2.45) is 0 Å². The lowest BCUT2D eigenvalue weighted by molar-refractivity contribution is 1.18. The van der Waals surface area contributed by atoms with Crippen LogP contribution in [-0.2, 0) is 0 Å². The minimum absolute atomic E-state index is 0.603. The van der Waals surface area contributed by atoms with E-state index in [-0.39, 0.29) is 0 Å². The van der Waals surface area contributed by atoms with Gasteiger partial charge in [0.2, 0.25) is 0 Å². The Bertz CT molecular complexity index is 2010. The van der Waals surface area contributed by atoms with Gasteiger partial charge in [0, 0.05) is 27.8 Å². The molecule has 0 aliphatic carbocycles. The predicted octanol–water partition coefficient (Wildman–Crippen LogP) is 8.63. The van der Waals surface area contributed by atoms with E-state index in [1.165, 1.54) is 0 Å². The number of para-hydroxylation sites is 2. The Balaban J connectivity index is 1.34. The van der Waals surface area contributed by atoms with Gasteiger partial charge in [0.1, 0.15) is 0 Å². The molecule has 0 saturated heterocycles. The van der Waals surface area contributed by atoms with Crippen LogP contribution in [0.2, 0.25) is 0 Å². The van der Waals surface area contributed by atoms with Gasteiger partial charge in [-0.3, -0.25) is 0 Å². The van der Waals surface area contributed by atoms with Gasteiger partial charge >= 0.3 is 0 Å². The van der Waals surface area contributed by atoms with Crippen molar-refractivity contribution >= 4 is 11.0 Å². The largest absolute Gasteiger partial charge is 0.244 e. The monoisotopic (exact) mass is 537 g/mol. The quantitative estimate of drug-likeness (QED) is 0.220. The molecular weight excluding hydrogens is 514 g/mol. The number of fused-ring (bicyclic) bond motifs is 1. The Labute approximate surface area is 243 Å². The second-order valence-corrected chi connectivity index (χ2v) is 9.87. The Morgan fingerprint density at radius 3 is 1.31 bits per heavy atom. The van der Waals surface area contributed by atoms with E-state index in [1.807, 2.05) is 103 Å². The number of nitriles is 1. The first-order chi connectivity index (χ1) is 20.7. The van der Waals surface area contributed by atoms with Crippen LogP contribution in [0.15, 0.2) is 140 Å². The molecule has 0 radical (unpaired) electrons. The molecule has 2 aromatic heterocycles. The lowest BCUT2D eigenvalue weighted by atomic mass is 10.0. The zero-order chi connectivity index (χ0) is 28.3. The van der Waals surface area contributed by atoms with Crippen molar-refractivity contribution in [2.45, 2.75) is 0 Å². The summed E-state index contributed by atoms with van der Waals surface area (Å²) in [5.74, 6) is 0.652. The molecular formula is C37H23N5. The van der Waals surface area contributed by atoms with Gasteiger partial charge in [-0.05, 0) is 30.3 Å². The summed E-state index contributed by atoms with van der Waals surface area (Å²) in [5.41, 5.74) is 10.3. The van der Waals surface area contributed by atoms with Gasteiger partial charge in [0.05, 0.1) is 45.4 Å². The lowest BCUT2D eigenvalue weighted by Gasteiger charge is -2.12. The molecule has 0 N–H and O–H groups in total. The van der Waals surface area contributed by atoms with Crippen LogP contribution in [0.3, 0.4) is 0 Å². The van der Waals surface area contributed by atoms with E-state index in [2.05, 4.69) is 30.3 Å². The minimum Gasteiger partial charge on any atom is -0.244 e. The van der Waals surface area contributed by atoms with E-state index in [0.29, 0.717) is 11.4 Å². The summed E-state index contributed by atoms with van der Waals surface area (Å²) in [6.07, 6.45) is 0. The first kappa shape index (κ1) is 25.0. The van der Waals surface area contributed by atoms with E-state index < -0.39 is 0 Å². The van der Waals surface area contributed by atoms with Crippen molar-refractivity contribution in [3.8, 4) is 62.5 Å². The zero-order valence-corrected chi connectivity index (χ0v) is 22.5. The molecule has 42 heavy (non-hydrogen) atoms. The van der Waals surface area contributed by atoms with E-state index in [0.717, 1.165) is 61.6 Å². The van der Waals surface area contributed by atoms with E-state index in [4.69, 9.17) is 19.9 Å². The first-order valence-electron chi connectivity index (χ1n) is 13.6. The highest BCUT2D eigenvalue weighted by atomic mass is 14.9. The highest BCUT2D eigenvalue weighted by Gasteiger charge is 2.15. The van der Waals surface area contributed by atoms with Crippen LogP contribution in [0.5, 0.6) is 0 Å². The second kappa shape index (κ2) is 10.9. The number of aromatic nitrogens is 4. The van der Waals surface area contributed by atoms with E-state index in [1.54, 1.807) is 12.1 Å². The van der Waals surface area contributed by atoms with Crippen molar-refractivity contribution in [1.82, 2.24) is 19.9 Å². The number of nitrogens with zero attached hydrogens (tertiary/aromatic N) is 5. The molecule has 0 spiro atoms. The summed E-state index contributed by atoms with van der Waals surface area (Å²) in [5, 5.41) is 9.27. The smallest absolute Gasteiger partial charge is 0.160 e. The fourth-order valence-electron chi connectivity index (χ4n) is 4.97. The maximum atomic E-state index is 9.27. The molecule has 7 aromatic rings. The van der Waals surface area contributed by atoms with Crippen LogP contribution >= 0.6 is 0 Å². The Morgan fingerprint density at radius 2 is 0.833 bits per heavy atom. The fraction of sp³-hybridized carbons (Fsp3) is 0. The van der Waals surface area contributed by atoms with Gasteiger partial charge in [-0.25, -0.2) is 19.9 Å². The molecule has 5 heteroatoms. The van der Waals surface area contributed by atoms with Gasteiger partial charge in [0.25, 0.3) is 0 Å². The van der Waals surface area contributed by atoms with Crippen molar-refractivity contribution in [3.05, 3.63) is 145 Å². The van der Waals surface area contributed by atoms with Crippen LogP contribution in [0.25, 0.3) is 67.5 Å². The predicted molar refractivity (Wildman–Crippen MR) is 167 cm³/mol. The Kier molecular flexibility index (Phi) is 6.48. The van der Waals surface area contributed by atoms with Crippen molar-refractivity contribution in [3.63, 3.8) is 0 Å². The summed E-state index contributed by atoms with van der Waals surface area (Å²) < 4.78 is 0. The maximum absolute atomic E-state index is 9.27. The molecule has 0 atom stereocenters. The van der Waals surface area contributed by atoms with Gasteiger partial charge in [-0.2, -0.15) is 5.26 Å². The van der Waals surface area contributed by atoms with Gasteiger partial charge in [-0.15, -0.1) is 0 Å². The minimum atomic E-state index is 0.603. The zero-order valence-electron chi connectivity index (χ0n) is 22.5. The molecule has 5 aromatic carbocycles. The molecule has 0 unspecified atom stereocenters. The molecule has 0 amide bonds. The topological polar surface area (TPSA) is 75.3 Å². The molecule has 0 bridgehead atoms. The summed E-state index contributed by atoms with van der Waals surface area (Å²) in [6, 6.07) is 48.0. The standard InChI is InChI=1S/C37H23N5/c38-24-25-15-17-28(18-16-25)35-36(40-32-14-8-7-13-31(32)39-35)29-19-21-30(22-20-29)37-41-33(26-9-3-1-4-10-26)23-34(42-37)27-11-5-2-6-12-27/h1-23H. The molecule has 5 nitrogen and oxygen atoms in total. The Hall–Kier alpha value is -5.99. The van der Waals surface area contributed by atoms with Gasteiger partial charge in [-0.1, -0.05) is 109 Å². The molecule has 7 rings (SSSR count). The van der Waals surface area contributed by atoms with E-state index >= 15 is 0 Å². The number of benzene rings is 5. The third-order valence-electron chi connectivity index (χ3n) is 7.14. The van der Waals surface area contributed by atoms with Crippen molar-refractivity contribution in [2.75, 3.05) is 0 Å². The summed E-state index contributed by atoms with van der Waals surface area (Å²) >= 11 is 0. The average molecular weight is 538 g/mol. The van der Waals surface area contributed by atoms with Crippen LogP contribution in [0.4, 0.5) is 0 Å². The number of rotatable bonds is 5. The van der Waals surface area contributed by atoms with Gasteiger partial charge in [0.15, 0.2) is 5.82 Å². The van der Waals surface area contributed by atoms with E-state index in [9.17, 15) is 5.26 Å². The first-order valence-corrected chi connectivity index (χ1v) is 13.6. The summed E-state index contributed by atoms with van der Waals surface area (Å²) in [7, 11) is 0. The maximum Gasteiger partial charge on any atom is 0.160 e. The third-order valence-corrected chi connectivity index (χ3v) is 7.14. The fourth-order valence-corrected chi connectivity index (χ4v) is 4.97. The lowest BCUT2D eigenvalue weighted by Crippen LogP contribution is -1.97.